The molecule has 1 atom stereocenters. The Labute approximate surface area is 134 Å². The Morgan fingerprint density at radius 1 is 1.33 bits per heavy atom. The first-order chi connectivity index (χ1) is 10.0. The zero-order valence-electron chi connectivity index (χ0n) is 13.5. The van der Waals surface area contributed by atoms with Gasteiger partial charge in [0.05, 0.1) is 10.6 Å². The Morgan fingerprint density at radius 3 is 2.67 bits per heavy atom. The number of nitrogens with zero attached hydrogens (tertiary/aromatic N) is 1. The van der Waals surface area contributed by atoms with Crippen LogP contribution in [0.4, 0.5) is 0 Å². The smallest absolute Gasteiger partial charge is 0.0741 e. The molecule has 0 bridgehead atoms. The van der Waals surface area contributed by atoms with E-state index in [0.29, 0.717) is 16.9 Å². The third-order valence-corrected chi connectivity index (χ3v) is 4.84. The molecule has 2 aliphatic heterocycles. The Bertz CT molecular complexity index is 338. The van der Waals surface area contributed by atoms with Crippen LogP contribution in [0.25, 0.3) is 0 Å². The second-order valence-corrected chi connectivity index (χ2v) is 7.42. The molecule has 0 radical (unpaired) electrons. The molecule has 0 aromatic rings. The van der Waals surface area contributed by atoms with Crippen molar-refractivity contribution in [2.45, 2.75) is 57.6 Å². The highest BCUT2D eigenvalue weighted by molar-refractivity contribution is 7.80. The molecule has 1 unspecified atom stereocenters. The first-order valence-corrected chi connectivity index (χ1v) is 8.66. The summed E-state index contributed by atoms with van der Waals surface area (Å²) in [7, 11) is 0. The van der Waals surface area contributed by atoms with Crippen LogP contribution in [0.5, 0.6) is 0 Å². The molecule has 2 N–H and O–H groups in total. The van der Waals surface area contributed by atoms with Crippen LogP contribution in [0.15, 0.2) is 0 Å². The highest BCUT2D eigenvalue weighted by Crippen LogP contribution is 2.36. The normalized spacial score (nSPS) is 25.6. The summed E-state index contributed by atoms with van der Waals surface area (Å²) >= 11 is 5.06. The van der Waals surface area contributed by atoms with Crippen LogP contribution in [0.2, 0.25) is 0 Å². The van der Waals surface area contributed by atoms with Gasteiger partial charge in [-0.15, -0.1) is 0 Å². The molecule has 0 aromatic heterocycles. The summed E-state index contributed by atoms with van der Waals surface area (Å²) in [5.74, 6) is 0.657. The second kappa shape index (κ2) is 7.86. The molecule has 122 valence electrons. The van der Waals surface area contributed by atoms with Crippen molar-refractivity contribution in [2.24, 2.45) is 11.7 Å². The maximum Gasteiger partial charge on any atom is 0.0741 e. The predicted octanol–water partition coefficient (Wildman–Crippen LogP) is 2.35. The average molecular weight is 314 g/mol. The summed E-state index contributed by atoms with van der Waals surface area (Å²) < 4.78 is 11.7. The SMILES string of the molecule is CC(C)CN(CCC(N)=S)C1CCOC2(CCOCC2)C1. The van der Waals surface area contributed by atoms with E-state index in [1.165, 1.54) is 0 Å². The van der Waals surface area contributed by atoms with Crippen molar-refractivity contribution in [3.8, 4) is 0 Å². The van der Waals surface area contributed by atoms with E-state index in [1.807, 2.05) is 0 Å². The number of thiocarbonyl (C=S) groups is 1. The van der Waals surface area contributed by atoms with Crippen molar-refractivity contribution in [3.05, 3.63) is 0 Å². The van der Waals surface area contributed by atoms with E-state index in [0.717, 1.165) is 65.0 Å². The topological polar surface area (TPSA) is 47.7 Å². The molecule has 2 rings (SSSR count). The lowest BCUT2D eigenvalue weighted by atomic mass is 9.83. The minimum Gasteiger partial charge on any atom is -0.393 e. The van der Waals surface area contributed by atoms with Crippen molar-refractivity contribution in [1.82, 2.24) is 4.90 Å². The van der Waals surface area contributed by atoms with Gasteiger partial charge in [0.15, 0.2) is 0 Å². The molecule has 2 heterocycles. The predicted molar refractivity (Wildman–Crippen MR) is 89.6 cm³/mol. The van der Waals surface area contributed by atoms with E-state index < -0.39 is 0 Å². The lowest BCUT2D eigenvalue weighted by molar-refractivity contribution is -0.151. The largest absolute Gasteiger partial charge is 0.393 e. The Morgan fingerprint density at radius 2 is 2.05 bits per heavy atom. The van der Waals surface area contributed by atoms with Crippen LogP contribution in [0.3, 0.4) is 0 Å². The van der Waals surface area contributed by atoms with Crippen LogP contribution in [-0.4, -0.2) is 54.4 Å². The van der Waals surface area contributed by atoms with Gasteiger partial charge < -0.3 is 15.2 Å². The van der Waals surface area contributed by atoms with Gasteiger partial charge in [0, 0.05) is 45.4 Å². The Kier molecular flexibility index (Phi) is 6.41. The van der Waals surface area contributed by atoms with Crippen molar-refractivity contribution in [3.63, 3.8) is 0 Å². The number of nitrogens with two attached hydrogens (primary N) is 1. The zero-order chi connectivity index (χ0) is 15.3. The molecule has 5 heteroatoms. The average Bonchev–Trinajstić information content (AvgIpc) is 2.44. The van der Waals surface area contributed by atoms with Crippen molar-refractivity contribution in [1.29, 1.82) is 0 Å². The molecule has 21 heavy (non-hydrogen) atoms. The number of hydrogen-bond donors (Lipinski definition) is 1. The van der Waals surface area contributed by atoms with Crippen LogP contribution >= 0.6 is 12.2 Å². The maximum atomic E-state index is 6.16. The van der Waals surface area contributed by atoms with Gasteiger partial charge in [-0.2, -0.15) is 0 Å². The molecule has 0 aromatic carbocycles. The van der Waals surface area contributed by atoms with Gasteiger partial charge in [0.2, 0.25) is 0 Å². The van der Waals surface area contributed by atoms with Crippen LogP contribution in [0.1, 0.15) is 46.0 Å². The molecule has 0 amide bonds. The van der Waals surface area contributed by atoms with Gasteiger partial charge in [0.1, 0.15) is 0 Å². The van der Waals surface area contributed by atoms with E-state index in [2.05, 4.69) is 18.7 Å². The van der Waals surface area contributed by atoms with Gasteiger partial charge in [-0.05, 0) is 31.6 Å². The molecule has 0 saturated carbocycles. The number of hydrogen-bond acceptors (Lipinski definition) is 4. The highest BCUT2D eigenvalue weighted by Gasteiger charge is 2.40. The van der Waals surface area contributed by atoms with E-state index in [9.17, 15) is 0 Å². The minimum absolute atomic E-state index is 0.0552. The number of rotatable bonds is 6. The standard InChI is InChI=1S/C16H30N2O2S/c1-13(2)12-18(7-3-15(17)21)14-4-8-20-16(11-14)5-9-19-10-6-16/h13-14H,3-12H2,1-2H3,(H2,17,21). The minimum atomic E-state index is 0.0552. The summed E-state index contributed by atoms with van der Waals surface area (Å²) in [5, 5.41) is 0. The monoisotopic (exact) mass is 314 g/mol. The lowest BCUT2D eigenvalue weighted by Crippen LogP contribution is -2.52. The molecule has 4 nitrogen and oxygen atoms in total. The summed E-state index contributed by atoms with van der Waals surface area (Å²) in [4.78, 5) is 3.21. The number of ether oxygens (including phenoxy) is 2. The molecule has 2 saturated heterocycles. The first kappa shape index (κ1) is 17.1. The lowest BCUT2D eigenvalue weighted by Gasteiger charge is -2.46. The fourth-order valence-electron chi connectivity index (χ4n) is 3.55. The summed E-state index contributed by atoms with van der Waals surface area (Å²) in [6.45, 7) is 9.18. The van der Waals surface area contributed by atoms with Crippen LogP contribution < -0.4 is 5.73 Å². The van der Waals surface area contributed by atoms with Crippen LogP contribution in [-0.2, 0) is 9.47 Å². The van der Waals surface area contributed by atoms with Crippen molar-refractivity contribution >= 4 is 17.2 Å². The zero-order valence-corrected chi connectivity index (χ0v) is 14.3. The van der Waals surface area contributed by atoms with Crippen molar-refractivity contribution < 1.29 is 9.47 Å². The molecule has 1 spiro atoms. The highest BCUT2D eigenvalue weighted by atomic mass is 32.1. The van der Waals surface area contributed by atoms with E-state index in [-0.39, 0.29) is 5.60 Å². The molecule has 2 aliphatic rings. The van der Waals surface area contributed by atoms with Gasteiger partial charge >= 0.3 is 0 Å². The quantitative estimate of drug-likeness (QED) is 0.763. The third kappa shape index (κ3) is 5.16. The van der Waals surface area contributed by atoms with Gasteiger partial charge in [-0.25, -0.2) is 0 Å². The van der Waals surface area contributed by atoms with Gasteiger partial charge in [0.25, 0.3) is 0 Å². The van der Waals surface area contributed by atoms with Crippen LogP contribution in [0, 0.1) is 5.92 Å². The Balaban J connectivity index is 1.98. The van der Waals surface area contributed by atoms with E-state index in [1.54, 1.807) is 0 Å². The van der Waals surface area contributed by atoms with E-state index in [4.69, 9.17) is 27.4 Å². The maximum absolute atomic E-state index is 6.16. The summed E-state index contributed by atoms with van der Waals surface area (Å²) in [6.07, 6.45) is 5.13. The third-order valence-electron chi connectivity index (χ3n) is 4.63. The van der Waals surface area contributed by atoms with Gasteiger partial charge in [-0.1, -0.05) is 26.1 Å². The molecular formula is C16H30N2O2S. The second-order valence-electron chi connectivity index (χ2n) is 6.90. The van der Waals surface area contributed by atoms with E-state index >= 15 is 0 Å². The Hall–Kier alpha value is -0.230. The molecular weight excluding hydrogens is 284 g/mol. The summed E-state index contributed by atoms with van der Waals surface area (Å²) in [6, 6.07) is 0.591. The summed E-state index contributed by atoms with van der Waals surface area (Å²) in [5.41, 5.74) is 5.76. The molecule has 2 fully saturated rings. The fourth-order valence-corrected chi connectivity index (χ4v) is 3.64. The first-order valence-electron chi connectivity index (χ1n) is 8.25. The van der Waals surface area contributed by atoms with Crippen molar-refractivity contribution in [2.75, 3.05) is 32.9 Å². The molecule has 0 aliphatic carbocycles. The van der Waals surface area contributed by atoms with Gasteiger partial charge in [-0.3, -0.25) is 4.90 Å². The fraction of sp³-hybridized carbons (Fsp3) is 0.938.